The minimum atomic E-state index is -0.914. The molecular weight excluding hydrogens is 431 g/mol. The van der Waals surface area contributed by atoms with Gasteiger partial charge in [0, 0.05) is 37.0 Å². The Morgan fingerprint density at radius 1 is 1.16 bits per heavy atom. The van der Waals surface area contributed by atoms with E-state index < -0.39 is 12.3 Å². The number of aliphatic hydroxyl groups excluding tert-OH is 1. The maximum Gasteiger partial charge on any atom is 0.159 e. The first kappa shape index (κ1) is 21.6. The highest BCUT2D eigenvalue weighted by atomic mass is 32.2. The number of aromatic nitrogens is 4. The van der Waals surface area contributed by atoms with Crippen molar-refractivity contribution in [3.8, 4) is 5.82 Å². The second-order valence-corrected chi connectivity index (χ2v) is 9.50. The van der Waals surface area contributed by atoms with Crippen LogP contribution in [0, 0.1) is 13.8 Å². The first-order valence-electron chi connectivity index (χ1n) is 10.9. The summed E-state index contributed by atoms with van der Waals surface area (Å²) >= 11 is 0.676. The van der Waals surface area contributed by atoms with Gasteiger partial charge in [0.25, 0.3) is 0 Å². The summed E-state index contributed by atoms with van der Waals surface area (Å²) in [7, 11) is 0. The number of aryl methyl sites for hydroxylation is 2. The zero-order valence-corrected chi connectivity index (χ0v) is 18.9. The average Bonchev–Trinajstić information content (AvgIpc) is 3.36. The van der Waals surface area contributed by atoms with Crippen LogP contribution in [-0.2, 0) is 0 Å². The number of anilines is 1. The van der Waals surface area contributed by atoms with E-state index in [2.05, 4.69) is 32.5 Å². The number of nitrogens with zero attached hydrogens (tertiary/aromatic N) is 5. The number of nitrogens with one attached hydrogen (secondary N) is 1. The second-order valence-electron chi connectivity index (χ2n) is 8.69. The van der Waals surface area contributed by atoms with Crippen LogP contribution in [0.15, 0.2) is 24.4 Å². The molecule has 2 saturated heterocycles. The van der Waals surface area contributed by atoms with Crippen molar-refractivity contribution < 1.29 is 14.0 Å². The molecule has 2 aromatic heterocycles. The smallest absolute Gasteiger partial charge is 0.159 e. The van der Waals surface area contributed by atoms with Crippen molar-refractivity contribution in [3.05, 3.63) is 41.3 Å². The Morgan fingerprint density at radius 3 is 2.72 bits per heavy atom. The lowest BCUT2D eigenvalue weighted by atomic mass is 9.85. The van der Waals surface area contributed by atoms with Gasteiger partial charge in [-0.05, 0) is 62.1 Å². The average molecular weight is 459 g/mol. The summed E-state index contributed by atoms with van der Waals surface area (Å²) in [6.07, 6.45) is 1.03. The number of halogens is 1. The fourth-order valence-electron chi connectivity index (χ4n) is 4.81. The molecule has 2 fully saturated rings. The van der Waals surface area contributed by atoms with E-state index in [1.807, 2.05) is 24.8 Å². The summed E-state index contributed by atoms with van der Waals surface area (Å²) in [5, 5.41) is 18.6. The van der Waals surface area contributed by atoms with Gasteiger partial charge in [-0.3, -0.25) is 0 Å². The van der Waals surface area contributed by atoms with E-state index in [9.17, 15) is 14.0 Å². The zero-order valence-electron chi connectivity index (χ0n) is 18.1. The number of piperidine rings is 1. The lowest BCUT2D eigenvalue weighted by molar-refractivity contribution is 0.201. The SMILES string of the molecule is Cc1nc(N2CC(O)C(SO)C2)cc(-n2ncc3cc(C)c(C4CCNCC4F)cc32)n1. The molecule has 10 heteroatoms. The van der Waals surface area contributed by atoms with Gasteiger partial charge in [-0.1, -0.05) is 0 Å². The number of aliphatic hydroxyl groups is 1. The van der Waals surface area contributed by atoms with Gasteiger partial charge in [-0.2, -0.15) is 5.10 Å². The van der Waals surface area contributed by atoms with Crippen LogP contribution in [0.25, 0.3) is 16.7 Å². The molecule has 5 rings (SSSR count). The first-order valence-corrected chi connectivity index (χ1v) is 11.7. The van der Waals surface area contributed by atoms with Gasteiger partial charge in [0.15, 0.2) is 5.82 Å². The van der Waals surface area contributed by atoms with Gasteiger partial charge in [0.1, 0.15) is 17.8 Å². The van der Waals surface area contributed by atoms with E-state index in [1.165, 1.54) is 0 Å². The maximum atomic E-state index is 14.7. The van der Waals surface area contributed by atoms with Crippen molar-refractivity contribution in [1.82, 2.24) is 25.1 Å². The van der Waals surface area contributed by atoms with Crippen molar-refractivity contribution in [2.45, 2.75) is 43.7 Å². The van der Waals surface area contributed by atoms with Gasteiger partial charge in [0.05, 0.1) is 23.1 Å². The van der Waals surface area contributed by atoms with E-state index >= 15 is 0 Å². The van der Waals surface area contributed by atoms with E-state index in [0.717, 1.165) is 35.0 Å². The minimum Gasteiger partial charge on any atom is -0.390 e. The highest BCUT2D eigenvalue weighted by molar-refractivity contribution is 7.94. The third-order valence-electron chi connectivity index (χ3n) is 6.49. The predicted octanol–water partition coefficient (Wildman–Crippen LogP) is 2.60. The quantitative estimate of drug-likeness (QED) is 0.513. The molecule has 2 aliphatic rings. The Labute approximate surface area is 190 Å². The largest absolute Gasteiger partial charge is 0.390 e. The van der Waals surface area contributed by atoms with Crippen LogP contribution < -0.4 is 10.2 Å². The van der Waals surface area contributed by atoms with Gasteiger partial charge < -0.3 is 19.9 Å². The molecule has 170 valence electrons. The van der Waals surface area contributed by atoms with Crippen molar-refractivity contribution in [1.29, 1.82) is 0 Å². The van der Waals surface area contributed by atoms with Crippen molar-refractivity contribution >= 4 is 28.8 Å². The van der Waals surface area contributed by atoms with Gasteiger partial charge >= 0.3 is 0 Å². The molecule has 4 heterocycles. The Balaban J connectivity index is 1.55. The number of hydrogen-bond donors (Lipinski definition) is 3. The van der Waals surface area contributed by atoms with Crippen molar-refractivity contribution in [2.24, 2.45) is 0 Å². The van der Waals surface area contributed by atoms with Crippen LogP contribution >= 0.6 is 12.0 Å². The summed E-state index contributed by atoms with van der Waals surface area (Å²) < 4.78 is 25.9. The second kappa shape index (κ2) is 8.58. The maximum absolute atomic E-state index is 14.7. The summed E-state index contributed by atoms with van der Waals surface area (Å²) in [6.45, 7) is 5.93. The van der Waals surface area contributed by atoms with E-state index in [1.54, 1.807) is 10.9 Å². The van der Waals surface area contributed by atoms with Crippen LogP contribution in [0.2, 0.25) is 0 Å². The fraction of sp³-hybridized carbons (Fsp3) is 0.500. The number of rotatable bonds is 4. The summed E-state index contributed by atoms with van der Waals surface area (Å²) in [4.78, 5) is 11.1. The molecule has 0 spiro atoms. The van der Waals surface area contributed by atoms with Crippen LogP contribution in [-0.4, -0.2) is 73.1 Å². The Hall–Kier alpha value is -2.27. The van der Waals surface area contributed by atoms with E-state index in [0.29, 0.717) is 49.1 Å². The van der Waals surface area contributed by atoms with Crippen LogP contribution in [0.4, 0.5) is 10.2 Å². The summed E-state index contributed by atoms with van der Waals surface area (Å²) in [5.74, 6) is 1.76. The molecule has 0 bridgehead atoms. The molecule has 0 amide bonds. The Morgan fingerprint density at radius 2 is 1.97 bits per heavy atom. The summed E-state index contributed by atoms with van der Waals surface area (Å²) in [5.41, 5.74) is 2.97. The molecule has 4 atom stereocenters. The number of hydrogen-bond acceptors (Lipinski definition) is 8. The molecule has 2 aliphatic heterocycles. The normalized spacial score (nSPS) is 26.2. The van der Waals surface area contributed by atoms with Gasteiger partial charge in [-0.25, -0.2) is 19.0 Å². The van der Waals surface area contributed by atoms with Crippen molar-refractivity contribution in [2.75, 3.05) is 31.1 Å². The third kappa shape index (κ3) is 3.85. The monoisotopic (exact) mass is 458 g/mol. The standard InChI is InChI=1S/C22H27FN6O2S/c1-12-5-14-8-25-29(18(14)6-16(12)15-3-4-24-9-17(15)23)22-7-21(26-13(2)27-22)28-10-19(30)20(11-28)32-31/h5-8,15,17,19-20,24,30-31H,3-4,9-11H2,1-2H3. The minimum absolute atomic E-state index is 0.134. The predicted molar refractivity (Wildman–Crippen MR) is 123 cm³/mol. The fourth-order valence-corrected chi connectivity index (χ4v) is 5.28. The summed E-state index contributed by atoms with van der Waals surface area (Å²) in [6, 6.07) is 5.96. The molecule has 4 unspecified atom stereocenters. The van der Waals surface area contributed by atoms with Gasteiger partial charge in [-0.15, -0.1) is 0 Å². The molecule has 0 aliphatic carbocycles. The molecular formula is C22H27FN6O2S. The van der Waals surface area contributed by atoms with E-state index in [4.69, 9.17) is 0 Å². The number of β-amino-alcohol motifs (C(OH)–C–C–N with tert-alkyl or cyclic N) is 1. The lowest BCUT2D eigenvalue weighted by Gasteiger charge is -2.28. The number of benzene rings is 1. The first-order chi connectivity index (χ1) is 15.4. The highest BCUT2D eigenvalue weighted by Gasteiger charge is 2.33. The Bertz CT molecular complexity index is 1140. The molecule has 8 nitrogen and oxygen atoms in total. The number of fused-ring (bicyclic) bond motifs is 1. The van der Waals surface area contributed by atoms with Crippen LogP contribution in [0.5, 0.6) is 0 Å². The van der Waals surface area contributed by atoms with Gasteiger partial charge in [0.2, 0.25) is 0 Å². The molecule has 1 aromatic carbocycles. The zero-order chi connectivity index (χ0) is 22.4. The third-order valence-corrected chi connectivity index (χ3v) is 7.22. The molecule has 3 N–H and O–H groups in total. The molecule has 0 radical (unpaired) electrons. The van der Waals surface area contributed by atoms with Crippen molar-refractivity contribution in [3.63, 3.8) is 0 Å². The number of alkyl halides is 1. The van der Waals surface area contributed by atoms with E-state index in [-0.39, 0.29) is 11.2 Å². The Kier molecular flexibility index (Phi) is 5.79. The molecule has 0 saturated carbocycles. The lowest BCUT2D eigenvalue weighted by Crippen LogP contribution is -2.36. The topological polar surface area (TPSA) is 99.3 Å². The highest BCUT2D eigenvalue weighted by Crippen LogP contribution is 2.34. The molecule has 3 aromatic rings. The van der Waals surface area contributed by atoms with Crippen LogP contribution in [0.1, 0.15) is 29.3 Å². The van der Waals surface area contributed by atoms with Crippen LogP contribution in [0.3, 0.4) is 0 Å². The molecule has 32 heavy (non-hydrogen) atoms.